The third kappa shape index (κ3) is 4.95. The molecule has 1 unspecified atom stereocenters. The lowest BCUT2D eigenvalue weighted by Crippen LogP contribution is -2.40. The van der Waals surface area contributed by atoms with E-state index in [2.05, 4.69) is 22.1 Å². The van der Waals surface area contributed by atoms with E-state index in [4.69, 9.17) is 4.98 Å². The van der Waals surface area contributed by atoms with Gasteiger partial charge < -0.3 is 15.3 Å². The van der Waals surface area contributed by atoms with Gasteiger partial charge in [0, 0.05) is 48.8 Å². The van der Waals surface area contributed by atoms with Crippen molar-refractivity contribution < 1.29 is 10.0 Å². The molecular weight excluding hydrogens is 358 g/mol. The molecule has 2 aromatic rings. The number of aryl methyl sites for hydroxylation is 1. The molecule has 8 nitrogen and oxygen atoms in total. The van der Waals surface area contributed by atoms with Crippen LogP contribution in [0.25, 0.3) is 0 Å². The Balaban J connectivity index is 1.90. The van der Waals surface area contributed by atoms with Gasteiger partial charge in [0.1, 0.15) is 5.82 Å². The fourth-order valence-corrected chi connectivity index (χ4v) is 3.65. The fraction of sp³-hybridized carbons (Fsp3) is 0.500. The molecular formula is C20H27N5O3. The molecule has 1 aromatic heterocycles. The highest BCUT2D eigenvalue weighted by molar-refractivity contribution is 5.59. The standard InChI is InChI=1S/C20H27N5O3/c1-2-6-15-14-19(24-11-4-3-8-17(24)10-12-26)23-20(21-15)22-16-7-5-9-18(13-16)25(27)28/h5,7,9,13-14,17,26H,2-4,6,8,10-12H2,1H3,(H,21,22,23). The molecule has 150 valence electrons. The predicted molar refractivity (Wildman–Crippen MR) is 109 cm³/mol. The molecule has 1 saturated heterocycles. The molecule has 1 aromatic carbocycles. The minimum absolute atomic E-state index is 0.0222. The van der Waals surface area contributed by atoms with Crippen molar-refractivity contribution in [2.75, 3.05) is 23.4 Å². The van der Waals surface area contributed by atoms with E-state index in [1.807, 2.05) is 6.07 Å². The first kappa shape index (κ1) is 20.0. The van der Waals surface area contributed by atoms with Gasteiger partial charge >= 0.3 is 0 Å². The molecule has 2 heterocycles. The quantitative estimate of drug-likeness (QED) is 0.526. The summed E-state index contributed by atoms with van der Waals surface area (Å²) in [6.45, 7) is 3.17. The number of piperidine rings is 1. The van der Waals surface area contributed by atoms with Crippen LogP contribution in [0.5, 0.6) is 0 Å². The van der Waals surface area contributed by atoms with Crippen molar-refractivity contribution in [2.45, 2.75) is 51.5 Å². The zero-order valence-electron chi connectivity index (χ0n) is 16.2. The van der Waals surface area contributed by atoms with Crippen molar-refractivity contribution in [1.29, 1.82) is 0 Å². The zero-order valence-corrected chi connectivity index (χ0v) is 16.2. The summed E-state index contributed by atoms with van der Waals surface area (Å²) >= 11 is 0. The average molecular weight is 385 g/mol. The number of hydrogen-bond donors (Lipinski definition) is 2. The van der Waals surface area contributed by atoms with E-state index < -0.39 is 4.92 Å². The van der Waals surface area contributed by atoms with Crippen molar-refractivity contribution in [2.24, 2.45) is 0 Å². The molecule has 0 spiro atoms. The van der Waals surface area contributed by atoms with Crippen molar-refractivity contribution in [3.8, 4) is 0 Å². The van der Waals surface area contributed by atoms with Gasteiger partial charge in [0.15, 0.2) is 0 Å². The Kier molecular flexibility index (Phi) is 6.76. The van der Waals surface area contributed by atoms with Crippen LogP contribution in [0.15, 0.2) is 30.3 Å². The highest BCUT2D eigenvalue weighted by atomic mass is 16.6. The lowest BCUT2D eigenvalue weighted by atomic mass is 9.99. The molecule has 1 aliphatic rings. The van der Waals surface area contributed by atoms with Crippen molar-refractivity contribution in [1.82, 2.24) is 9.97 Å². The first-order valence-corrected chi connectivity index (χ1v) is 9.87. The van der Waals surface area contributed by atoms with E-state index in [1.54, 1.807) is 12.1 Å². The number of hydrogen-bond acceptors (Lipinski definition) is 7. The molecule has 8 heteroatoms. The Morgan fingerprint density at radius 1 is 1.32 bits per heavy atom. The molecule has 0 radical (unpaired) electrons. The minimum atomic E-state index is -0.418. The highest BCUT2D eigenvalue weighted by Crippen LogP contribution is 2.28. The van der Waals surface area contributed by atoms with Crippen molar-refractivity contribution in [3.63, 3.8) is 0 Å². The summed E-state index contributed by atoms with van der Waals surface area (Å²) in [5.41, 5.74) is 1.54. The minimum Gasteiger partial charge on any atom is -0.396 e. The maximum absolute atomic E-state index is 11.0. The molecule has 3 rings (SSSR count). The van der Waals surface area contributed by atoms with Crippen LogP contribution in [0.1, 0.15) is 44.7 Å². The van der Waals surface area contributed by atoms with Crippen LogP contribution in [0.3, 0.4) is 0 Å². The van der Waals surface area contributed by atoms with Gasteiger partial charge in [-0.25, -0.2) is 4.98 Å². The number of aromatic nitrogens is 2. The third-order valence-electron chi connectivity index (χ3n) is 4.97. The van der Waals surface area contributed by atoms with E-state index in [0.29, 0.717) is 11.6 Å². The van der Waals surface area contributed by atoms with E-state index in [0.717, 1.165) is 56.6 Å². The second-order valence-corrected chi connectivity index (χ2v) is 7.08. The van der Waals surface area contributed by atoms with Crippen LogP contribution in [0.4, 0.5) is 23.1 Å². The number of nitro groups is 1. The maximum Gasteiger partial charge on any atom is 0.271 e. The summed E-state index contributed by atoms with van der Waals surface area (Å²) in [7, 11) is 0. The molecule has 1 aliphatic heterocycles. The van der Waals surface area contributed by atoms with E-state index in [1.165, 1.54) is 12.1 Å². The van der Waals surface area contributed by atoms with Gasteiger partial charge in [0.05, 0.1) is 4.92 Å². The molecule has 28 heavy (non-hydrogen) atoms. The third-order valence-corrected chi connectivity index (χ3v) is 4.97. The Bertz CT molecular complexity index is 812. The van der Waals surface area contributed by atoms with Crippen LogP contribution in [0, 0.1) is 10.1 Å². The second-order valence-electron chi connectivity index (χ2n) is 7.08. The summed E-state index contributed by atoms with van der Waals surface area (Å²) in [5.74, 6) is 1.29. The first-order valence-electron chi connectivity index (χ1n) is 9.87. The van der Waals surface area contributed by atoms with Crippen LogP contribution in [0.2, 0.25) is 0 Å². The van der Waals surface area contributed by atoms with Crippen LogP contribution in [-0.2, 0) is 6.42 Å². The van der Waals surface area contributed by atoms with Crippen LogP contribution >= 0.6 is 0 Å². The SMILES string of the molecule is CCCc1cc(N2CCCCC2CCO)nc(Nc2cccc([N+](=O)[O-])c2)n1. The van der Waals surface area contributed by atoms with Crippen molar-refractivity contribution >= 4 is 23.1 Å². The smallest absolute Gasteiger partial charge is 0.271 e. The van der Waals surface area contributed by atoms with Gasteiger partial charge in [-0.3, -0.25) is 10.1 Å². The Labute approximate surface area is 164 Å². The number of rotatable bonds is 8. The molecule has 0 saturated carbocycles. The summed E-state index contributed by atoms with van der Waals surface area (Å²) in [5, 5.41) is 23.6. The van der Waals surface area contributed by atoms with Gasteiger partial charge in [0.25, 0.3) is 5.69 Å². The molecule has 0 amide bonds. The molecule has 1 atom stereocenters. The van der Waals surface area contributed by atoms with Gasteiger partial charge in [-0.2, -0.15) is 4.98 Å². The largest absolute Gasteiger partial charge is 0.396 e. The lowest BCUT2D eigenvalue weighted by Gasteiger charge is -2.36. The number of nitrogens with zero attached hydrogens (tertiary/aromatic N) is 4. The summed E-state index contributed by atoms with van der Waals surface area (Å²) < 4.78 is 0. The van der Waals surface area contributed by atoms with Gasteiger partial charge in [0.2, 0.25) is 5.95 Å². The number of non-ortho nitro benzene ring substituents is 1. The van der Waals surface area contributed by atoms with E-state index in [9.17, 15) is 15.2 Å². The number of aliphatic hydroxyl groups excluding tert-OH is 1. The Morgan fingerprint density at radius 2 is 2.18 bits per heavy atom. The normalized spacial score (nSPS) is 16.8. The highest BCUT2D eigenvalue weighted by Gasteiger charge is 2.24. The summed E-state index contributed by atoms with van der Waals surface area (Å²) in [6, 6.07) is 8.63. The number of nitro benzene ring substituents is 1. The molecule has 2 N–H and O–H groups in total. The lowest BCUT2D eigenvalue weighted by molar-refractivity contribution is -0.384. The predicted octanol–water partition coefficient (Wildman–Crippen LogP) is 3.82. The number of nitrogens with one attached hydrogen (secondary N) is 1. The number of aliphatic hydroxyl groups is 1. The van der Waals surface area contributed by atoms with Gasteiger partial charge in [-0.05, 0) is 38.2 Å². The number of benzene rings is 1. The monoisotopic (exact) mass is 385 g/mol. The second kappa shape index (κ2) is 9.45. The Hall–Kier alpha value is -2.74. The topological polar surface area (TPSA) is 104 Å². The van der Waals surface area contributed by atoms with Gasteiger partial charge in [-0.1, -0.05) is 19.4 Å². The number of anilines is 3. The maximum atomic E-state index is 11.0. The summed E-state index contributed by atoms with van der Waals surface area (Å²) in [6.07, 6.45) is 5.82. The zero-order chi connectivity index (χ0) is 19.9. The van der Waals surface area contributed by atoms with Gasteiger partial charge in [-0.15, -0.1) is 0 Å². The van der Waals surface area contributed by atoms with E-state index in [-0.39, 0.29) is 18.3 Å². The summed E-state index contributed by atoms with van der Waals surface area (Å²) in [4.78, 5) is 22.2. The molecule has 1 fully saturated rings. The van der Waals surface area contributed by atoms with Crippen LogP contribution in [-0.4, -0.2) is 39.2 Å². The average Bonchev–Trinajstić information content (AvgIpc) is 2.69. The molecule has 0 aliphatic carbocycles. The first-order chi connectivity index (χ1) is 13.6. The van der Waals surface area contributed by atoms with Crippen LogP contribution < -0.4 is 10.2 Å². The molecule has 0 bridgehead atoms. The van der Waals surface area contributed by atoms with E-state index >= 15 is 0 Å². The van der Waals surface area contributed by atoms with Crippen molar-refractivity contribution in [3.05, 3.63) is 46.1 Å². The fourth-order valence-electron chi connectivity index (χ4n) is 3.65. The Morgan fingerprint density at radius 3 is 2.93 bits per heavy atom.